The molecule has 2 amide bonds. The first kappa shape index (κ1) is 13.7. The van der Waals surface area contributed by atoms with E-state index in [2.05, 4.69) is 10.6 Å². The number of carbonyl (C=O) groups excluding carboxylic acids is 1. The number of nitrogens with one attached hydrogen (secondary N) is 2. The van der Waals surface area contributed by atoms with Gasteiger partial charge in [-0.1, -0.05) is 13.8 Å². The molecule has 3 N–H and O–H groups in total. The Labute approximate surface area is 90.2 Å². The van der Waals surface area contributed by atoms with Crippen molar-refractivity contribution in [1.29, 1.82) is 0 Å². The van der Waals surface area contributed by atoms with Gasteiger partial charge in [-0.05, 0) is 26.2 Å². The molecule has 1 atom stereocenters. The van der Waals surface area contributed by atoms with Gasteiger partial charge in [-0.25, -0.2) is 9.59 Å². The molecule has 0 aromatic carbocycles. The number of hydrogen-bond donors (Lipinski definition) is 3. The highest BCUT2D eigenvalue weighted by Crippen LogP contribution is 2.04. The first-order valence-electron chi connectivity index (χ1n) is 5.12. The van der Waals surface area contributed by atoms with E-state index < -0.39 is 18.0 Å². The van der Waals surface area contributed by atoms with Crippen molar-refractivity contribution in [2.45, 2.75) is 46.2 Å². The maximum atomic E-state index is 11.3. The third kappa shape index (κ3) is 6.76. The van der Waals surface area contributed by atoms with Crippen LogP contribution in [0.5, 0.6) is 0 Å². The second-order valence-corrected chi connectivity index (χ2v) is 4.29. The Morgan fingerprint density at radius 3 is 2.00 bits per heavy atom. The van der Waals surface area contributed by atoms with Crippen molar-refractivity contribution in [2.24, 2.45) is 5.92 Å². The standard InChI is InChI=1S/C10H20N2O3/c1-6(2)5-8(9(13)14)12-10(15)11-7(3)4/h6-8H,5H2,1-4H3,(H,13,14)(H2,11,12,15)/t8-/m1/s1. The van der Waals surface area contributed by atoms with Gasteiger partial charge in [0, 0.05) is 6.04 Å². The summed E-state index contributed by atoms with van der Waals surface area (Å²) >= 11 is 0. The minimum atomic E-state index is -0.998. The molecule has 0 aromatic heterocycles. The van der Waals surface area contributed by atoms with E-state index in [1.54, 1.807) is 0 Å². The van der Waals surface area contributed by atoms with E-state index in [0.29, 0.717) is 6.42 Å². The van der Waals surface area contributed by atoms with Gasteiger partial charge in [-0.3, -0.25) is 0 Å². The van der Waals surface area contributed by atoms with Crippen LogP contribution >= 0.6 is 0 Å². The van der Waals surface area contributed by atoms with Crippen molar-refractivity contribution in [3.8, 4) is 0 Å². The summed E-state index contributed by atoms with van der Waals surface area (Å²) in [6.45, 7) is 7.46. The van der Waals surface area contributed by atoms with E-state index in [-0.39, 0.29) is 12.0 Å². The maximum Gasteiger partial charge on any atom is 0.326 e. The number of urea groups is 1. The Morgan fingerprint density at radius 1 is 1.13 bits per heavy atom. The number of carboxylic acids is 1. The summed E-state index contributed by atoms with van der Waals surface area (Å²) < 4.78 is 0. The SMILES string of the molecule is CC(C)C[C@@H](NC(=O)NC(C)C)C(=O)O. The van der Waals surface area contributed by atoms with Gasteiger partial charge in [0.05, 0.1) is 0 Å². The molecular weight excluding hydrogens is 196 g/mol. The number of rotatable bonds is 5. The Kier molecular flexibility index (Phi) is 5.74. The van der Waals surface area contributed by atoms with Gasteiger partial charge in [0.25, 0.3) is 0 Å². The van der Waals surface area contributed by atoms with E-state index >= 15 is 0 Å². The van der Waals surface area contributed by atoms with Crippen LogP contribution < -0.4 is 10.6 Å². The lowest BCUT2D eigenvalue weighted by Crippen LogP contribution is -2.48. The fourth-order valence-corrected chi connectivity index (χ4v) is 1.15. The maximum absolute atomic E-state index is 11.3. The molecule has 0 unspecified atom stereocenters. The van der Waals surface area contributed by atoms with Crippen molar-refractivity contribution >= 4 is 12.0 Å². The summed E-state index contributed by atoms with van der Waals surface area (Å²) in [7, 11) is 0. The molecule has 15 heavy (non-hydrogen) atoms. The van der Waals surface area contributed by atoms with Crippen LogP contribution in [-0.2, 0) is 4.79 Å². The normalized spacial score (nSPS) is 12.7. The number of carboxylic acid groups (broad SMARTS) is 1. The Morgan fingerprint density at radius 2 is 1.67 bits per heavy atom. The smallest absolute Gasteiger partial charge is 0.326 e. The van der Waals surface area contributed by atoms with Crippen LogP contribution in [0.3, 0.4) is 0 Å². The first-order chi connectivity index (χ1) is 6.82. The lowest BCUT2D eigenvalue weighted by atomic mass is 10.0. The van der Waals surface area contributed by atoms with Crippen LogP contribution in [0, 0.1) is 5.92 Å². The Balaban J connectivity index is 4.16. The third-order valence-corrected chi connectivity index (χ3v) is 1.73. The molecular formula is C10H20N2O3. The fraction of sp³-hybridized carbons (Fsp3) is 0.800. The van der Waals surface area contributed by atoms with Crippen molar-refractivity contribution < 1.29 is 14.7 Å². The Bertz CT molecular complexity index is 227. The van der Waals surface area contributed by atoms with Crippen LogP contribution in [0.25, 0.3) is 0 Å². The third-order valence-electron chi connectivity index (χ3n) is 1.73. The zero-order chi connectivity index (χ0) is 12.0. The van der Waals surface area contributed by atoms with Gasteiger partial charge in [0.15, 0.2) is 0 Å². The van der Waals surface area contributed by atoms with Crippen LogP contribution in [0.1, 0.15) is 34.1 Å². The van der Waals surface area contributed by atoms with Crippen molar-refractivity contribution in [1.82, 2.24) is 10.6 Å². The summed E-state index contributed by atoms with van der Waals surface area (Å²) in [6.07, 6.45) is 0.431. The molecule has 5 nitrogen and oxygen atoms in total. The van der Waals surface area contributed by atoms with Crippen LogP contribution in [-0.4, -0.2) is 29.2 Å². The fourth-order valence-electron chi connectivity index (χ4n) is 1.15. The Hall–Kier alpha value is -1.26. The summed E-state index contributed by atoms with van der Waals surface area (Å²) in [5.74, 6) is -0.770. The zero-order valence-corrected chi connectivity index (χ0v) is 9.70. The van der Waals surface area contributed by atoms with Crippen LogP contribution in [0.15, 0.2) is 0 Å². The molecule has 0 saturated carbocycles. The lowest BCUT2D eigenvalue weighted by molar-refractivity contribution is -0.139. The minimum absolute atomic E-state index is 0.00139. The molecule has 0 aliphatic heterocycles. The highest BCUT2D eigenvalue weighted by atomic mass is 16.4. The number of amides is 2. The van der Waals surface area contributed by atoms with Gasteiger partial charge in [0.1, 0.15) is 6.04 Å². The minimum Gasteiger partial charge on any atom is -0.480 e. The summed E-state index contributed by atoms with van der Waals surface area (Å²) in [5.41, 5.74) is 0. The summed E-state index contributed by atoms with van der Waals surface area (Å²) in [6, 6.07) is -1.25. The van der Waals surface area contributed by atoms with Crippen LogP contribution in [0.2, 0.25) is 0 Å². The molecule has 0 rings (SSSR count). The summed E-state index contributed by atoms with van der Waals surface area (Å²) in [5, 5.41) is 13.9. The summed E-state index contributed by atoms with van der Waals surface area (Å²) in [4.78, 5) is 22.1. The van der Waals surface area contributed by atoms with Gasteiger partial charge >= 0.3 is 12.0 Å². The molecule has 0 bridgehead atoms. The van der Waals surface area contributed by atoms with E-state index in [1.165, 1.54) is 0 Å². The largest absolute Gasteiger partial charge is 0.480 e. The monoisotopic (exact) mass is 216 g/mol. The molecule has 0 aliphatic carbocycles. The number of carbonyl (C=O) groups is 2. The molecule has 0 radical (unpaired) electrons. The average Bonchev–Trinajstić information content (AvgIpc) is 1.99. The lowest BCUT2D eigenvalue weighted by Gasteiger charge is -2.17. The van der Waals surface area contributed by atoms with Crippen molar-refractivity contribution in [2.75, 3.05) is 0 Å². The predicted octanol–water partition coefficient (Wildman–Crippen LogP) is 1.19. The average molecular weight is 216 g/mol. The quantitative estimate of drug-likeness (QED) is 0.646. The number of hydrogen-bond acceptors (Lipinski definition) is 2. The second-order valence-electron chi connectivity index (χ2n) is 4.29. The molecule has 0 spiro atoms. The van der Waals surface area contributed by atoms with E-state index in [9.17, 15) is 9.59 Å². The van der Waals surface area contributed by atoms with E-state index in [0.717, 1.165) is 0 Å². The van der Waals surface area contributed by atoms with E-state index in [1.807, 2.05) is 27.7 Å². The van der Waals surface area contributed by atoms with Gasteiger partial charge in [0.2, 0.25) is 0 Å². The molecule has 0 fully saturated rings. The van der Waals surface area contributed by atoms with Gasteiger partial charge in [-0.2, -0.15) is 0 Å². The van der Waals surface area contributed by atoms with Crippen LogP contribution in [0.4, 0.5) is 4.79 Å². The molecule has 0 saturated heterocycles. The van der Waals surface area contributed by atoms with Gasteiger partial charge in [-0.15, -0.1) is 0 Å². The van der Waals surface area contributed by atoms with Gasteiger partial charge < -0.3 is 15.7 Å². The zero-order valence-electron chi connectivity index (χ0n) is 9.70. The molecule has 0 heterocycles. The first-order valence-corrected chi connectivity index (χ1v) is 5.12. The van der Waals surface area contributed by atoms with Crippen molar-refractivity contribution in [3.05, 3.63) is 0 Å². The molecule has 5 heteroatoms. The van der Waals surface area contributed by atoms with E-state index in [4.69, 9.17) is 5.11 Å². The predicted molar refractivity (Wildman–Crippen MR) is 57.7 cm³/mol. The topological polar surface area (TPSA) is 78.4 Å². The van der Waals surface area contributed by atoms with Crippen molar-refractivity contribution in [3.63, 3.8) is 0 Å². The highest BCUT2D eigenvalue weighted by Gasteiger charge is 2.20. The number of aliphatic carboxylic acids is 1. The molecule has 0 aliphatic rings. The molecule has 0 aromatic rings. The highest BCUT2D eigenvalue weighted by molar-refractivity contribution is 5.82. The second kappa shape index (κ2) is 6.27. The molecule has 88 valence electrons.